The smallest absolute Gasteiger partial charge is 0.00966 e. The van der Waals surface area contributed by atoms with E-state index in [1.165, 1.54) is 51.9 Å². The molecule has 0 bridgehead atoms. The van der Waals surface area contributed by atoms with E-state index in [9.17, 15) is 0 Å². The number of hydrogen-bond acceptors (Lipinski definition) is 2. The van der Waals surface area contributed by atoms with Crippen LogP contribution in [0.25, 0.3) is 0 Å². The number of piperidine rings is 1. The summed E-state index contributed by atoms with van der Waals surface area (Å²) in [5, 5.41) is 3.65. The van der Waals surface area contributed by atoms with Gasteiger partial charge in [0, 0.05) is 18.6 Å². The normalized spacial score (nSPS) is 28.3. The highest BCUT2D eigenvalue weighted by Crippen LogP contribution is 2.31. The van der Waals surface area contributed by atoms with Crippen LogP contribution >= 0.6 is 0 Å². The second-order valence-corrected chi connectivity index (χ2v) is 6.84. The van der Waals surface area contributed by atoms with Crippen molar-refractivity contribution in [3.8, 4) is 0 Å². The van der Waals surface area contributed by atoms with Crippen molar-refractivity contribution in [3.63, 3.8) is 0 Å². The van der Waals surface area contributed by atoms with Crippen LogP contribution in [0.2, 0.25) is 0 Å². The Morgan fingerprint density at radius 2 is 1.88 bits per heavy atom. The van der Waals surface area contributed by atoms with E-state index < -0.39 is 0 Å². The largest absolute Gasteiger partial charge is 0.312 e. The fourth-order valence-electron chi connectivity index (χ4n) is 2.60. The summed E-state index contributed by atoms with van der Waals surface area (Å²) in [4.78, 5) is 2.70. The Labute approximate surface area is 101 Å². The fraction of sp³-hybridized carbons (Fsp3) is 1.00. The second-order valence-electron chi connectivity index (χ2n) is 6.84. The van der Waals surface area contributed by atoms with Crippen molar-refractivity contribution < 1.29 is 0 Å². The highest BCUT2D eigenvalue weighted by molar-refractivity contribution is 4.82. The Bertz CT molecular complexity index is 215. The Morgan fingerprint density at radius 3 is 2.50 bits per heavy atom. The molecule has 1 saturated heterocycles. The third-order valence-corrected chi connectivity index (χ3v) is 3.74. The topological polar surface area (TPSA) is 15.3 Å². The minimum atomic E-state index is 0.277. The molecule has 0 aromatic rings. The van der Waals surface area contributed by atoms with Gasteiger partial charge in [-0.2, -0.15) is 0 Å². The number of nitrogens with zero attached hydrogens (tertiary/aromatic N) is 1. The van der Waals surface area contributed by atoms with E-state index in [1.807, 2.05) is 0 Å². The first-order valence-corrected chi connectivity index (χ1v) is 7.00. The average Bonchev–Trinajstić information content (AvgIpc) is 2.98. The molecule has 1 aliphatic heterocycles. The van der Waals surface area contributed by atoms with Gasteiger partial charge in [0.2, 0.25) is 0 Å². The zero-order valence-corrected chi connectivity index (χ0v) is 11.3. The first kappa shape index (κ1) is 12.4. The lowest BCUT2D eigenvalue weighted by Crippen LogP contribution is -2.45. The molecule has 16 heavy (non-hydrogen) atoms. The number of hydrogen-bond donors (Lipinski definition) is 1. The third-order valence-electron chi connectivity index (χ3n) is 3.74. The molecular formula is C14H28N2. The van der Waals surface area contributed by atoms with E-state index in [2.05, 4.69) is 31.0 Å². The minimum absolute atomic E-state index is 0.277. The Balaban J connectivity index is 1.68. The van der Waals surface area contributed by atoms with Gasteiger partial charge in [0.1, 0.15) is 0 Å². The lowest BCUT2D eigenvalue weighted by atomic mass is 9.96. The summed E-state index contributed by atoms with van der Waals surface area (Å²) in [5.74, 6) is 1.93. The highest BCUT2D eigenvalue weighted by atomic mass is 15.1. The van der Waals surface area contributed by atoms with Gasteiger partial charge in [-0.25, -0.2) is 0 Å². The molecule has 2 rings (SSSR count). The molecular weight excluding hydrogens is 196 g/mol. The minimum Gasteiger partial charge on any atom is -0.312 e. The Hall–Kier alpha value is -0.0800. The lowest BCUT2D eigenvalue weighted by Gasteiger charge is -2.34. The molecule has 2 heteroatoms. The molecule has 2 fully saturated rings. The van der Waals surface area contributed by atoms with Crippen LogP contribution in [0.5, 0.6) is 0 Å². The highest BCUT2D eigenvalue weighted by Gasteiger charge is 2.27. The molecule has 1 unspecified atom stereocenters. The van der Waals surface area contributed by atoms with Crippen LogP contribution in [0.3, 0.4) is 0 Å². The average molecular weight is 224 g/mol. The second kappa shape index (κ2) is 5.05. The first-order valence-electron chi connectivity index (χ1n) is 7.00. The maximum atomic E-state index is 3.65. The quantitative estimate of drug-likeness (QED) is 0.789. The van der Waals surface area contributed by atoms with Crippen molar-refractivity contribution in [1.29, 1.82) is 0 Å². The van der Waals surface area contributed by atoms with Crippen molar-refractivity contribution in [2.75, 3.05) is 26.2 Å². The SMILES string of the molecule is CC(C)(C)NCC1CCCN(CC2CC2)C1. The predicted octanol–water partition coefficient (Wildman–Crippen LogP) is 2.50. The molecule has 1 saturated carbocycles. The molecule has 0 spiro atoms. The van der Waals surface area contributed by atoms with E-state index >= 15 is 0 Å². The van der Waals surface area contributed by atoms with Gasteiger partial charge < -0.3 is 10.2 Å². The molecule has 0 aromatic heterocycles. The van der Waals surface area contributed by atoms with Gasteiger partial charge in [0.05, 0.1) is 0 Å². The summed E-state index contributed by atoms with van der Waals surface area (Å²) in [5.41, 5.74) is 0.277. The van der Waals surface area contributed by atoms with Gasteiger partial charge in [0.15, 0.2) is 0 Å². The molecule has 1 heterocycles. The summed E-state index contributed by atoms with van der Waals surface area (Å²) in [7, 11) is 0. The van der Waals surface area contributed by atoms with Crippen LogP contribution < -0.4 is 5.32 Å². The van der Waals surface area contributed by atoms with E-state index in [1.54, 1.807) is 0 Å². The summed E-state index contributed by atoms with van der Waals surface area (Å²) in [6, 6.07) is 0. The van der Waals surface area contributed by atoms with Crippen LogP contribution in [-0.4, -0.2) is 36.6 Å². The van der Waals surface area contributed by atoms with Crippen LogP contribution in [0, 0.1) is 11.8 Å². The van der Waals surface area contributed by atoms with Crippen LogP contribution in [0.1, 0.15) is 46.5 Å². The van der Waals surface area contributed by atoms with E-state index in [-0.39, 0.29) is 5.54 Å². The third kappa shape index (κ3) is 4.42. The molecule has 2 nitrogen and oxygen atoms in total. The standard InChI is InChI=1S/C14H28N2/c1-14(2,3)15-9-13-5-4-8-16(11-13)10-12-6-7-12/h12-13,15H,4-11H2,1-3H3. The van der Waals surface area contributed by atoms with Crippen LogP contribution in [0.4, 0.5) is 0 Å². The first-order chi connectivity index (χ1) is 7.53. The lowest BCUT2D eigenvalue weighted by molar-refractivity contribution is 0.161. The van der Waals surface area contributed by atoms with Gasteiger partial charge in [-0.3, -0.25) is 0 Å². The van der Waals surface area contributed by atoms with Crippen LogP contribution in [0.15, 0.2) is 0 Å². The molecule has 94 valence electrons. The zero-order chi connectivity index (χ0) is 11.6. The van der Waals surface area contributed by atoms with E-state index in [4.69, 9.17) is 0 Å². The summed E-state index contributed by atoms with van der Waals surface area (Å²) in [6.45, 7) is 12.0. The number of nitrogens with one attached hydrogen (secondary N) is 1. The van der Waals surface area contributed by atoms with Crippen molar-refractivity contribution in [2.45, 2.75) is 52.0 Å². The van der Waals surface area contributed by atoms with Crippen molar-refractivity contribution in [3.05, 3.63) is 0 Å². The number of rotatable bonds is 4. The van der Waals surface area contributed by atoms with Gasteiger partial charge in [-0.05, 0) is 71.4 Å². The zero-order valence-electron chi connectivity index (χ0n) is 11.3. The Morgan fingerprint density at radius 1 is 1.12 bits per heavy atom. The Kier molecular flexibility index (Phi) is 3.91. The van der Waals surface area contributed by atoms with Crippen LogP contribution in [-0.2, 0) is 0 Å². The summed E-state index contributed by atoms with van der Waals surface area (Å²) >= 11 is 0. The molecule has 0 aromatic carbocycles. The molecule has 0 radical (unpaired) electrons. The molecule has 1 aliphatic carbocycles. The van der Waals surface area contributed by atoms with Gasteiger partial charge in [0.25, 0.3) is 0 Å². The fourth-order valence-corrected chi connectivity index (χ4v) is 2.60. The van der Waals surface area contributed by atoms with E-state index in [0.29, 0.717) is 0 Å². The maximum absolute atomic E-state index is 3.65. The summed E-state index contributed by atoms with van der Waals surface area (Å²) < 4.78 is 0. The van der Waals surface area contributed by atoms with Crippen molar-refractivity contribution in [1.82, 2.24) is 10.2 Å². The molecule has 2 aliphatic rings. The van der Waals surface area contributed by atoms with E-state index in [0.717, 1.165) is 11.8 Å². The van der Waals surface area contributed by atoms with Gasteiger partial charge in [-0.15, -0.1) is 0 Å². The molecule has 1 N–H and O–H groups in total. The summed E-state index contributed by atoms with van der Waals surface area (Å²) in [6.07, 6.45) is 5.80. The van der Waals surface area contributed by atoms with Crippen molar-refractivity contribution >= 4 is 0 Å². The van der Waals surface area contributed by atoms with Gasteiger partial charge in [-0.1, -0.05) is 0 Å². The predicted molar refractivity (Wildman–Crippen MR) is 69.6 cm³/mol. The van der Waals surface area contributed by atoms with Gasteiger partial charge >= 0.3 is 0 Å². The monoisotopic (exact) mass is 224 g/mol. The molecule has 1 atom stereocenters. The maximum Gasteiger partial charge on any atom is 0.00966 e. The molecule has 0 amide bonds. The number of likely N-dealkylation sites (tertiary alicyclic amines) is 1. The van der Waals surface area contributed by atoms with Crippen molar-refractivity contribution in [2.24, 2.45) is 11.8 Å².